The van der Waals surface area contributed by atoms with Crippen LogP contribution in [0.4, 0.5) is 4.39 Å². The van der Waals surface area contributed by atoms with E-state index in [0.29, 0.717) is 28.7 Å². The van der Waals surface area contributed by atoms with Crippen molar-refractivity contribution in [1.82, 2.24) is 14.8 Å². The molecule has 38 heavy (non-hydrogen) atoms. The monoisotopic (exact) mass is 537 g/mol. The molecular weight excluding hydrogens is 497 g/mol. The normalized spacial score (nSPS) is 13.0. The van der Waals surface area contributed by atoms with Gasteiger partial charge in [0.1, 0.15) is 5.82 Å². The lowest BCUT2D eigenvalue weighted by Crippen LogP contribution is -2.49. The number of carbonyl (C=O) groups is 1. The summed E-state index contributed by atoms with van der Waals surface area (Å²) in [5.74, 6) is -0.524. The van der Waals surface area contributed by atoms with Gasteiger partial charge in [-0.05, 0) is 78.9 Å². The van der Waals surface area contributed by atoms with Gasteiger partial charge in [0, 0.05) is 22.9 Å². The van der Waals surface area contributed by atoms with Gasteiger partial charge in [0.05, 0.1) is 28.5 Å². The third-order valence-corrected chi connectivity index (χ3v) is 13.9. The minimum absolute atomic E-state index is 0.193. The maximum Gasteiger partial charge on any atom is 0.292 e. The Labute approximate surface area is 225 Å². The van der Waals surface area contributed by atoms with Crippen LogP contribution in [0.25, 0.3) is 27.5 Å². The number of aryl methyl sites for hydroxylation is 1. The summed E-state index contributed by atoms with van der Waals surface area (Å²) in [5.41, 5.74) is 3.65. The molecule has 0 saturated heterocycles. The fourth-order valence-electron chi connectivity index (χ4n) is 6.37. The summed E-state index contributed by atoms with van der Waals surface area (Å²) < 4.78 is 22.2. The van der Waals surface area contributed by atoms with Gasteiger partial charge in [-0.1, -0.05) is 41.5 Å². The van der Waals surface area contributed by atoms with Gasteiger partial charge in [0.25, 0.3) is 14.3 Å². The quantitative estimate of drug-likeness (QED) is 0.216. The zero-order chi connectivity index (χ0) is 28.0. The molecule has 0 bridgehead atoms. The predicted octanol–water partition coefficient (Wildman–Crippen LogP) is 7.52. The van der Waals surface area contributed by atoms with E-state index in [2.05, 4.69) is 51.7 Å². The van der Waals surface area contributed by atoms with E-state index in [1.165, 1.54) is 12.1 Å². The number of rotatable bonds is 9. The van der Waals surface area contributed by atoms with Crippen molar-refractivity contribution in [2.75, 3.05) is 0 Å². The Morgan fingerprint density at radius 3 is 2.24 bits per heavy atom. The molecule has 0 fully saturated rings. The second-order valence-corrected chi connectivity index (χ2v) is 17.2. The van der Waals surface area contributed by atoms with E-state index >= 15 is 0 Å². The summed E-state index contributed by atoms with van der Waals surface area (Å²) >= 11 is 0. The standard InChI is InChI=1S/C30H40FN3O3Si/c1-18(2)38(19(3)4,20(5)6)37-28(35)14-13-24-25-15-21-17-32-33-26(21)16-27(25)34(29(24)30(7,8)36)23-11-9-22(31)10-12-23/h9-12,15-20,36H,13-14H2,1-8H3,(H,32,33). The van der Waals surface area contributed by atoms with Crippen molar-refractivity contribution in [1.29, 1.82) is 0 Å². The molecular formula is C30H40FN3O3Si. The SMILES string of the molecule is CC(C)[Si](OC(=O)CCc1c(C(C)(C)O)n(-c2ccc(F)cc2)c2cc3[nH]ncc3cc12)(C(C)C)C(C)C. The number of aromatic amines is 1. The summed E-state index contributed by atoms with van der Waals surface area (Å²) in [5, 5.41) is 20.5. The highest BCUT2D eigenvalue weighted by Gasteiger charge is 2.48. The van der Waals surface area contributed by atoms with Crippen LogP contribution in [0.15, 0.2) is 42.6 Å². The molecule has 0 atom stereocenters. The van der Waals surface area contributed by atoms with Crippen LogP contribution in [-0.4, -0.2) is 34.2 Å². The van der Waals surface area contributed by atoms with Crippen molar-refractivity contribution in [2.45, 2.75) is 90.5 Å². The van der Waals surface area contributed by atoms with Gasteiger partial charge < -0.3 is 14.1 Å². The lowest BCUT2D eigenvalue weighted by Gasteiger charge is -2.41. The molecule has 0 aliphatic heterocycles. The Balaban J connectivity index is 1.84. The Morgan fingerprint density at radius 2 is 1.68 bits per heavy atom. The Morgan fingerprint density at radius 1 is 1.08 bits per heavy atom. The number of halogens is 1. The van der Waals surface area contributed by atoms with Gasteiger partial charge in [-0.15, -0.1) is 0 Å². The highest BCUT2D eigenvalue weighted by Crippen LogP contribution is 2.43. The molecule has 2 N–H and O–H groups in total. The van der Waals surface area contributed by atoms with Gasteiger partial charge in [0.15, 0.2) is 0 Å². The first-order valence-corrected chi connectivity index (χ1v) is 15.6. The lowest BCUT2D eigenvalue weighted by atomic mass is 9.96. The van der Waals surface area contributed by atoms with Crippen molar-refractivity contribution >= 4 is 36.1 Å². The number of nitrogens with zero attached hydrogens (tertiary/aromatic N) is 2. The number of aromatic nitrogens is 3. The van der Waals surface area contributed by atoms with Crippen LogP contribution >= 0.6 is 0 Å². The third-order valence-electron chi connectivity index (χ3n) is 7.87. The van der Waals surface area contributed by atoms with Crippen LogP contribution in [0, 0.1) is 5.82 Å². The van der Waals surface area contributed by atoms with E-state index in [9.17, 15) is 14.3 Å². The van der Waals surface area contributed by atoms with E-state index < -0.39 is 13.9 Å². The highest BCUT2D eigenvalue weighted by molar-refractivity contribution is 6.78. The van der Waals surface area contributed by atoms with E-state index in [-0.39, 0.29) is 18.2 Å². The summed E-state index contributed by atoms with van der Waals surface area (Å²) in [6.07, 6.45) is 2.38. The van der Waals surface area contributed by atoms with Crippen molar-refractivity contribution < 1.29 is 18.7 Å². The number of hydrogen-bond donors (Lipinski definition) is 2. The summed E-state index contributed by atoms with van der Waals surface area (Å²) in [6, 6.07) is 10.3. The van der Waals surface area contributed by atoms with Crippen LogP contribution in [0.1, 0.15) is 73.1 Å². The molecule has 4 rings (SSSR count). The van der Waals surface area contributed by atoms with Gasteiger partial charge in [-0.2, -0.15) is 5.10 Å². The van der Waals surface area contributed by atoms with Crippen LogP contribution in [-0.2, 0) is 21.2 Å². The van der Waals surface area contributed by atoms with Crippen molar-refractivity contribution in [2.24, 2.45) is 0 Å². The Bertz CT molecular complexity index is 1420. The molecule has 0 amide bonds. The smallest absolute Gasteiger partial charge is 0.292 e. The first-order chi connectivity index (χ1) is 17.8. The predicted molar refractivity (Wildman–Crippen MR) is 154 cm³/mol. The minimum Gasteiger partial charge on any atom is -0.518 e. The van der Waals surface area contributed by atoms with Crippen LogP contribution in [0.3, 0.4) is 0 Å². The summed E-state index contributed by atoms with van der Waals surface area (Å²) in [7, 11) is -2.36. The lowest BCUT2D eigenvalue weighted by molar-refractivity contribution is -0.135. The zero-order valence-electron chi connectivity index (χ0n) is 23.7. The number of H-pyrrole nitrogens is 1. The maximum absolute atomic E-state index is 13.8. The van der Waals surface area contributed by atoms with Crippen molar-refractivity contribution in [3.63, 3.8) is 0 Å². The highest BCUT2D eigenvalue weighted by atomic mass is 28.4. The first-order valence-electron chi connectivity index (χ1n) is 13.5. The molecule has 4 aromatic rings. The number of benzene rings is 2. The second kappa shape index (κ2) is 10.3. The molecule has 2 aromatic heterocycles. The number of carbonyl (C=O) groups excluding carboxylic acids is 1. The second-order valence-electron chi connectivity index (χ2n) is 11.8. The van der Waals surface area contributed by atoms with E-state index in [4.69, 9.17) is 4.43 Å². The number of fused-ring (bicyclic) bond motifs is 2. The molecule has 0 spiro atoms. The minimum atomic E-state index is -2.36. The molecule has 6 nitrogen and oxygen atoms in total. The Kier molecular flexibility index (Phi) is 7.60. The van der Waals surface area contributed by atoms with Crippen molar-refractivity contribution in [3.8, 4) is 5.69 Å². The fraction of sp³-hybridized carbons (Fsp3) is 0.467. The van der Waals surface area contributed by atoms with Crippen LogP contribution in [0.2, 0.25) is 16.6 Å². The third kappa shape index (κ3) is 4.91. The zero-order valence-corrected chi connectivity index (χ0v) is 24.7. The molecule has 2 heterocycles. The van der Waals surface area contributed by atoms with Gasteiger partial charge in [-0.25, -0.2) is 4.39 Å². The molecule has 204 valence electrons. The molecule has 2 aromatic carbocycles. The van der Waals surface area contributed by atoms with Gasteiger partial charge >= 0.3 is 0 Å². The Hall–Kier alpha value is -2.97. The average molecular weight is 538 g/mol. The van der Waals surface area contributed by atoms with E-state index in [1.54, 1.807) is 32.2 Å². The van der Waals surface area contributed by atoms with Crippen LogP contribution in [0.5, 0.6) is 0 Å². The number of nitrogens with one attached hydrogen (secondary N) is 1. The molecule has 0 saturated carbocycles. The largest absolute Gasteiger partial charge is 0.518 e. The van der Waals surface area contributed by atoms with E-state index in [1.807, 2.05) is 16.7 Å². The molecule has 0 unspecified atom stereocenters. The first kappa shape index (κ1) is 28.0. The molecule has 0 aliphatic rings. The summed E-state index contributed by atoms with van der Waals surface area (Å²) in [4.78, 5) is 13.4. The molecule has 0 radical (unpaired) electrons. The molecule has 8 heteroatoms. The van der Waals surface area contributed by atoms with Crippen LogP contribution < -0.4 is 0 Å². The molecule has 0 aliphatic carbocycles. The topological polar surface area (TPSA) is 80.1 Å². The van der Waals surface area contributed by atoms with E-state index in [0.717, 1.165) is 33.1 Å². The average Bonchev–Trinajstić information content (AvgIpc) is 3.41. The van der Waals surface area contributed by atoms with Crippen molar-refractivity contribution in [3.05, 3.63) is 59.7 Å². The summed E-state index contributed by atoms with van der Waals surface area (Å²) in [6.45, 7) is 16.5. The van der Waals surface area contributed by atoms with Gasteiger partial charge in [0.2, 0.25) is 0 Å². The number of hydrogen-bond acceptors (Lipinski definition) is 4. The fourth-order valence-corrected chi connectivity index (χ4v) is 11.6. The maximum atomic E-state index is 13.8. The van der Waals surface area contributed by atoms with Gasteiger partial charge in [-0.3, -0.25) is 9.89 Å². The number of aliphatic hydroxyl groups is 1.